The minimum atomic E-state index is -1.70. The maximum absolute atomic E-state index is 13.6. The van der Waals surface area contributed by atoms with Gasteiger partial charge in [0.1, 0.15) is 35.2 Å². The van der Waals surface area contributed by atoms with Crippen molar-refractivity contribution in [2.45, 2.75) is 76.7 Å². The van der Waals surface area contributed by atoms with Gasteiger partial charge in [0.05, 0.1) is 52.6 Å². The molecule has 316 valence electrons. The summed E-state index contributed by atoms with van der Waals surface area (Å²) in [5, 5.41) is 14.6. The molecule has 1 fully saturated rings. The standard InChI is InChI=1S/C43H55N6O9P/c1-30(2)49(31(3)4)59(56-26-11-23-44)58-37-28-40(48-25-22-39(47-42(48)51)46-41(50)45-24-27-52-5)57-38(37)29-55-43(32-12-9-8-10-13-32,33-14-18-35(53-6)19-15-33)34-16-20-36(54-7)21-17-34/h8-10,12-22,25,30-31,37-38,40H,11,24,26-29H2,1-7H3,(H2,45,46,47,50,51)/t37-,38+,40+,59?/m0/s1. The van der Waals surface area contributed by atoms with Gasteiger partial charge in [0.15, 0.2) is 0 Å². The van der Waals surface area contributed by atoms with Crippen LogP contribution in [0.1, 0.15) is 63.5 Å². The molecule has 0 saturated carbocycles. The summed E-state index contributed by atoms with van der Waals surface area (Å²) in [5.74, 6) is 1.47. The van der Waals surface area contributed by atoms with E-state index in [4.69, 9.17) is 32.7 Å². The number of carbonyl (C=O) groups excluding carboxylic acids is 1. The van der Waals surface area contributed by atoms with Crippen LogP contribution in [0.15, 0.2) is 95.9 Å². The number of benzene rings is 3. The molecule has 2 heterocycles. The van der Waals surface area contributed by atoms with Crippen molar-refractivity contribution in [3.05, 3.63) is 118 Å². The molecule has 1 saturated heterocycles. The third kappa shape index (κ3) is 11.4. The number of amides is 2. The van der Waals surface area contributed by atoms with Crippen LogP contribution in [0, 0.1) is 11.3 Å². The van der Waals surface area contributed by atoms with Gasteiger partial charge in [0, 0.05) is 38.4 Å². The van der Waals surface area contributed by atoms with E-state index in [1.54, 1.807) is 14.2 Å². The van der Waals surface area contributed by atoms with Crippen molar-refractivity contribution >= 4 is 20.4 Å². The highest BCUT2D eigenvalue weighted by atomic mass is 31.2. The van der Waals surface area contributed by atoms with Gasteiger partial charge in [0.25, 0.3) is 8.53 Å². The van der Waals surface area contributed by atoms with E-state index in [1.807, 2.05) is 78.9 Å². The summed E-state index contributed by atoms with van der Waals surface area (Å²) in [4.78, 5) is 30.1. The Morgan fingerprint density at radius 3 is 2.08 bits per heavy atom. The Hall–Kier alpha value is -4.91. The first-order valence-electron chi connectivity index (χ1n) is 19.6. The third-order valence-electron chi connectivity index (χ3n) is 9.68. The first-order valence-corrected chi connectivity index (χ1v) is 20.7. The lowest BCUT2D eigenvalue weighted by Crippen LogP contribution is -2.39. The fourth-order valence-corrected chi connectivity index (χ4v) is 8.71. The van der Waals surface area contributed by atoms with Gasteiger partial charge in [-0.3, -0.25) is 9.88 Å². The van der Waals surface area contributed by atoms with Crippen LogP contribution in [-0.2, 0) is 28.9 Å². The second-order valence-electron chi connectivity index (χ2n) is 14.2. The molecule has 2 amide bonds. The second kappa shape index (κ2) is 21.9. The van der Waals surface area contributed by atoms with Crippen LogP contribution < -0.4 is 25.8 Å². The van der Waals surface area contributed by atoms with Gasteiger partial charge in [0.2, 0.25) is 0 Å². The molecule has 2 N–H and O–H groups in total. The van der Waals surface area contributed by atoms with Crippen molar-refractivity contribution in [3.8, 4) is 17.6 Å². The predicted molar refractivity (Wildman–Crippen MR) is 224 cm³/mol. The molecule has 4 atom stereocenters. The van der Waals surface area contributed by atoms with E-state index >= 15 is 0 Å². The Balaban J connectivity index is 1.55. The van der Waals surface area contributed by atoms with Crippen LogP contribution >= 0.6 is 8.53 Å². The molecule has 4 aromatic rings. The summed E-state index contributed by atoms with van der Waals surface area (Å²) in [5.41, 5.74) is 0.759. The minimum Gasteiger partial charge on any atom is -0.497 e. The highest BCUT2D eigenvalue weighted by Crippen LogP contribution is 2.50. The van der Waals surface area contributed by atoms with Crippen molar-refractivity contribution in [1.82, 2.24) is 19.5 Å². The summed E-state index contributed by atoms with van der Waals surface area (Å²) in [7, 11) is 3.08. The number of methoxy groups -OCH3 is 3. The molecule has 0 spiro atoms. The number of hydrogen-bond donors (Lipinski definition) is 2. The van der Waals surface area contributed by atoms with Crippen LogP contribution in [0.2, 0.25) is 0 Å². The number of urea groups is 1. The highest BCUT2D eigenvalue weighted by Gasteiger charge is 2.45. The van der Waals surface area contributed by atoms with Gasteiger partial charge in [-0.2, -0.15) is 10.2 Å². The number of rotatable bonds is 21. The highest BCUT2D eigenvalue weighted by molar-refractivity contribution is 7.44. The number of nitrogens with zero attached hydrogens (tertiary/aromatic N) is 4. The van der Waals surface area contributed by atoms with Crippen molar-refractivity contribution in [1.29, 1.82) is 5.26 Å². The van der Waals surface area contributed by atoms with Crippen molar-refractivity contribution in [2.75, 3.05) is 53.0 Å². The first kappa shape index (κ1) is 45.2. The summed E-state index contributed by atoms with van der Waals surface area (Å²) in [6, 6.07) is 28.7. The van der Waals surface area contributed by atoms with E-state index in [1.165, 1.54) is 23.9 Å². The largest absolute Gasteiger partial charge is 0.497 e. The van der Waals surface area contributed by atoms with Gasteiger partial charge in [-0.25, -0.2) is 14.3 Å². The molecule has 59 heavy (non-hydrogen) atoms. The molecular formula is C43H55N6O9P. The van der Waals surface area contributed by atoms with Crippen molar-refractivity contribution in [2.24, 2.45) is 0 Å². The van der Waals surface area contributed by atoms with Crippen LogP contribution in [0.3, 0.4) is 0 Å². The molecule has 5 rings (SSSR count). The Bertz CT molecular complexity index is 1960. The predicted octanol–water partition coefficient (Wildman–Crippen LogP) is 6.99. The normalized spacial score (nSPS) is 17.2. The topological polar surface area (TPSA) is 168 Å². The van der Waals surface area contributed by atoms with Gasteiger partial charge in [-0.05, 0) is 74.7 Å². The SMILES string of the molecule is COCCNC(=O)Nc1ccn([C@H]2C[C@H](OP(OCCC#N)N(C(C)C)C(C)C)[C@@H](COC(c3ccccc3)(c3ccc(OC)cc3)c3ccc(OC)cc3)O2)c(=O)n1. The number of nitriles is 1. The average molecular weight is 831 g/mol. The van der Waals surface area contributed by atoms with Crippen LogP contribution in [0.5, 0.6) is 11.5 Å². The zero-order chi connectivity index (χ0) is 42.4. The van der Waals surface area contributed by atoms with E-state index in [-0.39, 0.29) is 50.5 Å². The molecule has 15 nitrogen and oxygen atoms in total. The van der Waals surface area contributed by atoms with Crippen molar-refractivity contribution < 1.29 is 37.5 Å². The molecule has 1 aliphatic heterocycles. The lowest BCUT2D eigenvalue weighted by molar-refractivity contribution is -0.0925. The van der Waals surface area contributed by atoms with Gasteiger partial charge >= 0.3 is 11.7 Å². The molecule has 0 radical (unpaired) electrons. The lowest BCUT2D eigenvalue weighted by Gasteiger charge is -2.39. The number of hydrogen-bond acceptors (Lipinski definition) is 12. The minimum absolute atomic E-state index is 0.0162. The summed E-state index contributed by atoms with van der Waals surface area (Å²) in [6.45, 7) is 9.09. The number of nitrogens with one attached hydrogen (secondary N) is 2. The maximum atomic E-state index is 13.6. The number of anilines is 1. The van der Waals surface area contributed by atoms with E-state index in [2.05, 4.69) is 54.1 Å². The Morgan fingerprint density at radius 1 is 0.932 bits per heavy atom. The lowest BCUT2D eigenvalue weighted by atomic mass is 9.80. The van der Waals surface area contributed by atoms with Crippen LogP contribution in [0.4, 0.5) is 10.6 Å². The molecule has 3 aromatic carbocycles. The van der Waals surface area contributed by atoms with E-state index in [0.29, 0.717) is 18.1 Å². The second-order valence-corrected chi connectivity index (χ2v) is 15.7. The quantitative estimate of drug-likeness (QED) is 0.0503. The molecule has 16 heteroatoms. The fraction of sp³-hybridized carbons (Fsp3) is 0.442. The van der Waals surface area contributed by atoms with Crippen LogP contribution in [-0.4, -0.2) is 92.2 Å². The smallest absolute Gasteiger partial charge is 0.351 e. The average Bonchev–Trinajstić information content (AvgIpc) is 3.63. The molecule has 0 bridgehead atoms. The Kier molecular flexibility index (Phi) is 16.8. The molecular weight excluding hydrogens is 775 g/mol. The summed E-state index contributed by atoms with van der Waals surface area (Å²) < 4.78 is 46.8. The third-order valence-corrected chi connectivity index (χ3v) is 11.8. The maximum Gasteiger partial charge on any atom is 0.351 e. The zero-order valence-electron chi connectivity index (χ0n) is 34.7. The zero-order valence-corrected chi connectivity index (χ0v) is 35.6. The molecule has 1 unspecified atom stereocenters. The molecule has 0 aliphatic carbocycles. The first-order chi connectivity index (χ1) is 28.5. The van der Waals surface area contributed by atoms with E-state index < -0.39 is 44.3 Å². The summed E-state index contributed by atoms with van der Waals surface area (Å²) in [6.07, 6.45) is -0.194. The number of carbonyl (C=O) groups is 1. The van der Waals surface area contributed by atoms with Gasteiger partial charge in [-0.1, -0.05) is 54.6 Å². The molecule has 1 aliphatic rings. The fourth-order valence-electron chi connectivity index (χ4n) is 6.95. The van der Waals surface area contributed by atoms with E-state index in [9.17, 15) is 14.9 Å². The van der Waals surface area contributed by atoms with Gasteiger partial charge < -0.3 is 38.0 Å². The Morgan fingerprint density at radius 2 is 1.54 bits per heavy atom. The number of aromatic nitrogens is 2. The monoisotopic (exact) mass is 830 g/mol. The number of ether oxygens (including phenoxy) is 5. The van der Waals surface area contributed by atoms with Gasteiger partial charge in [-0.15, -0.1) is 0 Å². The van der Waals surface area contributed by atoms with Crippen LogP contribution in [0.25, 0.3) is 0 Å². The van der Waals surface area contributed by atoms with Crippen molar-refractivity contribution in [3.63, 3.8) is 0 Å². The Labute approximate surface area is 347 Å². The van der Waals surface area contributed by atoms with E-state index in [0.717, 1.165) is 16.7 Å². The summed E-state index contributed by atoms with van der Waals surface area (Å²) >= 11 is 0. The molecule has 1 aromatic heterocycles.